The number of aromatic nitrogens is 3. The van der Waals surface area contributed by atoms with Crippen LogP contribution in [0, 0.1) is 0 Å². The van der Waals surface area contributed by atoms with Crippen LogP contribution in [0.15, 0.2) is 57.8 Å². The summed E-state index contributed by atoms with van der Waals surface area (Å²) in [6, 6.07) is 13.3. The van der Waals surface area contributed by atoms with Crippen LogP contribution in [0.4, 0.5) is 0 Å². The number of hydrogen-bond acceptors (Lipinski definition) is 8. The van der Waals surface area contributed by atoms with Crippen molar-refractivity contribution in [3.05, 3.63) is 63.9 Å². The van der Waals surface area contributed by atoms with Crippen LogP contribution in [0.2, 0.25) is 0 Å². The van der Waals surface area contributed by atoms with Crippen LogP contribution in [0.25, 0.3) is 21.5 Å². The number of rotatable bonds is 8. The molecule has 0 N–H and O–H groups in total. The quantitative estimate of drug-likeness (QED) is 0.251. The number of ether oxygens (including phenoxy) is 3. The predicted octanol–water partition coefficient (Wildman–Crippen LogP) is 5.01. The molecule has 0 unspecified atom stereocenters. The van der Waals surface area contributed by atoms with Crippen molar-refractivity contribution in [2.24, 2.45) is 0 Å². The average Bonchev–Trinajstić information content (AvgIpc) is 3.56. The minimum absolute atomic E-state index is 0.0205. The number of hydrogen-bond donors (Lipinski definition) is 0. The first kappa shape index (κ1) is 22.9. The third-order valence-electron chi connectivity index (χ3n) is 5.77. The summed E-state index contributed by atoms with van der Waals surface area (Å²) in [7, 11) is 3.24. The number of benzene rings is 2. The van der Waals surface area contributed by atoms with Gasteiger partial charge in [0, 0.05) is 23.3 Å². The second kappa shape index (κ2) is 10.2. The molecular formula is C25H25N3O4S2. The van der Waals surface area contributed by atoms with Gasteiger partial charge in [-0.05, 0) is 43.2 Å². The first-order valence-electron chi connectivity index (χ1n) is 11.1. The normalized spacial score (nSPS) is 15.6. The summed E-state index contributed by atoms with van der Waals surface area (Å²) in [4.78, 5) is 22.9. The van der Waals surface area contributed by atoms with E-state index in [0.717, 1.165) is 35.7 Å². The van der Waals surface area contributed by atoms with E-state index in [0.29, 0.717) is 39.9 Å². The van der Waals surface area contributed by atoms with E-state index in [1.54, 1.807) is 30.1 Å². The van der Waals surface area contributed by atoms with Crippen molar-refractivity contribution >= 4 is 34.0 Å². The van der Waals surface area contributed by atoms with Crippen LogP contribution in [0.1, 0.15) is 18.5 Å². The van der Waals surface area contributed by atoms with Gasteiger partial charge < -0.3 is 14.2 Å². The molecule has 0 aliphatic carbocycles. The molecular weight excluding hydrogens is 470 g/mol. The van der Waals surface area contributed by atoms with Crippen molar-refractivity contribution in [1.29, 1.82) is 0 Å². The molecule has 176 valence electrons. The topological polar surface area (TPSA) is 75.5 Å². The van der Waals surface area contributed by atoms with Crippen LogP contribution in [-0.4, -0.2) is 41.5 Å². The highest BCUT2D eigenvalue weighted by molar-refractivity contribution is 7.98. The number of nitrogens with zero attached hydrogens (tertiary/aromatic N) is 3. The number of thiazole rings is 1. The molecule has 1 aliphatic rings. The van der Waals surface area contributed by atoms with Gasteiger partial charge in [-0.2, -0.15) is 0 Å². The van der Waals surface area contributed by atoms with Gasteiger partial charge in [0.05, 0.1) is 43.5 Å². The average molecular weight is 496 g/mol. The van der Waals surface area contributed by atoms with Crippen molar-refractivity contribution in [3.8, 4) is 22.1 Å². The summed E-state index contributed by atoms with van der Waals surface area (Å²) < 4.78 is 18.3. The summed E-state index contributed by atoms with van der Waals surface area (Å²) in [5.74, 6) is 1.97. The molecule has 0 bridgehead atoms. The zero-order valence-electron chi connectivity index (χ0n) is 19.0. The van der Waals surface area contributed by atoms with Crippen molar-refractivity contribution < 1.29 is 14.2 Å². The van der Waals surface area contributed by atoms with Gasteiger partial charge in [0.25, 0.3) is 5.56 Å². The fourth-order valence-electron chi connectivity index (χ4n) is 4.02. The molecule has 3 heterocycles. The van der Waals surface area contributed by atoms with E-state index < -0.39 is 0 Å². The Labute approximate surface area is 205 Å². The van der Waals surface area contributed by atoms with Gasteiger partial charge in [0.1, 0.15) is 5.01 Å². The standard InChI is InChI=1S/C25H25N3O4S2/c1-30-21-10-9-16(12-22(21)31-2)23-26-17(14-33-23)15-34-25-27-20-8-4-3-7-19(20)24(29)28(25)13-18-6-5-11-32-18/h3-4,7-10,12,14,18H,5-6,11,13,15H2,1-2H3/t18-/m1/s1. The maximum atomic E-state index is 13.3. The van der Waals surface area contributed by atoms with Gasteiger partial charge in [-0.25, -0.2) is 9.97 Å². The van der Waals surface area contributed by atoms with Crippen molar-refractivity contribution in [2.75, 3.05) is 20.8 Å². The van der Waals surface area contributed by atoms with Crippen LogP contribution < -0.4 is 15.0 Å². The molecule has 0 amide bonds. The van der Waals surface area contributed by atoms with Gasteiger partial charge in [-0.3, -0.25) is 9.36 Å². The van der Waals surface area contributed by atoms with Gasteiger partial charge in [0.2, 0.25) is 0 Å². The van der Waals surface area contributed by atoms with Crippen molar-refractivity contribution in [1.82, 2.24) is 14.5 Å². The van der Waals surface area contributed by atoms with E-state index >= 15 is 0 Å². The fourth-order valence-corrected chi connectivity index (χ4v) is 5.85. The highest BCUT2D eigenvalue weighted by Gasteiger charge is 2.20. The molecule has 1 fully saturated rings. The van der Waals surface area contributed by atoms with E-state index in [2.05, 4.69) is 0 Å². The molecule has 2 aromatic heterocycles. The lowest BCUT2D eigenvalue weighted by atomic mass is 10.2. The van der Waals surface area contributed by atoms with E-state index in [1.165, 1.54) is 11.8 Å². The number of methoxy groups -OCH3 is 2. The second-order valence-electron chi connectivity index (χ2n) is 7.96. The molecule has 5 rings (SSSR count). The Morgan fingerprint density at radius 2 is 2.00 bits per heavy atom. The molecule has 7 nitrogen and oxygen atoms in total. The SMILES string of the molecule is COc1ccc(-c2nc(CSc3nc4ccccc4c(=O)n3C[C@H]3CCCO3)cs2)cc1OC. The summed E-state index contributed by atoms with van der Waals surface area (Å²) in [6.45, 7) is 1.27. The second-order valence-corrected chi connectivity index (χ2v) is 9.77. The Morgan fingerprint density at radius 1 is 1.15 bits per heavy atom. The molecule has 4 aromatic rings. The van der Waals surface area contributed by atoms with Gasteiger partial charge in [-0.1, -0.05) is 23.9 Å². The van der Waals surface area contributed by atoms with Crippen LogP contribution in [-0.2, 0) is 17.0 Å². The number of para-hydroxylation sites is 1. The molecule has 34 heavy (non-hydrogen) atoms. The Morgan fingerprint density at radius 3 is 2.79 bits per heavy atom. The van der Waals surface area contributed by atoms with Gasteiger partial charge >= 0.3 is 0 Å². The fraction of sp³-hybridized carbons (Fsp3) is 0.320. The summed E-state index contributed by atoms with van der Waals surface area (Å²) in [6.07, 6.45) is 2.04. The lowest BCUT2D eigenvalue weighted by Crippen LogP contribution is -2.28. The largest absolute Gasteiger partial charge is 0.493 e. The Hall–Kier alpha value is -2.88. The molecule has 0 saturated carbocycles. The summed E-state index contributed by atoms with van der Waals surface area (Å²) >= 11 is 3.11. The summed E-state index contributed by atoms with van der Waals surface area (Å²) in [5.41, 5.74) is 2.60. The van der Waals surface area contributed by atoms with Crippen molar-refractivity contribution in [2.45, 2.75) is 36.4 Å². The first-order chi connectivity index (χ1) is 16.7. The van der Waals surface area contributed by atoms with E-state index in [1.807, 2.05) is 47.8 Å². The minimum atomic E-state index is -0.0205. The molecule has 0 spiro atoms. The molecule has 1 aliphatic heterocycles. The van der Waals surface area contributed by atoms with E-state index in [9.17, 15) is 4.79 Å². The maximum absolute atomic E-state index is 13.3. The highest BCUT2D eigenvalue weighted by atomic mass is 32.2. The van der Waals surface area contributed by atoms with Crippen LogP contribution >= 0.6 is 23.1 Å². The zero-order valence-corrected chi connectivity index (χ0v) is 20.7. The molecule has 1 saturated heterocycles. The Balaban J connectivity index is 1.40. The van der Waals surface area contributed by atoms with E-state index in [4.69, 9.17) is 24.2 Å². The van der Waals surface area contributed by atoms with Gasteiger partial charge in [-0.15, -0.1) is 11.3 Å². The predicted molar refractivity (Wildman–Crippen MR) is 135 cm³/mol. The van der Waals surface area contributed by atoms with Gasteiger partial charge in [0.15, 0.2) is 16.7 Å². The molecule has 0 radical (unpaired) electrons. The molecule has 2 aromatic carbocycles. The summed E-state index contributed by atoms with van der Waals surface area (Å²) in [5, 5.41) is 4.27. The molecule has 9 heteroatoms. The monoisotopic (exact) mass is 495 g/mol. The zero-order chi connectivity index (χ0) is 23.5. The Bertz CT molecular complexity index is 1360. The maximum Gasteiger partial charge on any atom is 0.262 e. The van der Waals surface area contributed by atoms with Crippen molar-refractivity contribution in [3.63, 3.8) is 0 Å². The highest BCUT2D eigenvalue weighted by Crippen LogP contribution is 2.34. The number of fused-ring (bicyclic) bond motifs is 1. The number of thioether (sulfide) groups is 1. The third-order valence-corrected chi connectivity index (χ3v) is 7.72. The smallest absolute Gasteiger partial charge is 0.262 e. The molecule has 1 atom stereocenters. The van der Waals surface area contributed by atoms with Crippen LogP contribution in [0.5, 0.6) is 11.5 Å². The third kappa shape index (κ3) is 4.68. The minimum Gasteiger partial charge on any atom is -0.493 e. The Kier molecular flexibility index (Phi) is 6.85. The lowest BCUT2D eigenvalue weighted by molar-refractivity contribution is 0.0937. The van der Waals surface area contributed by atoms with E-state index in [-0.39, 0.29) is 11.7 Å². The lowest BCUT2D eigenvalue weighted by Gasteiger charge is -2.16. The van der Waals surface area contributed by atoms with Crippen LogP contribution in [0.3, 0.4) is 0 Å². The first-order valence-corrected chi connectivity index (χ1v) is 12.9.